The molecule has 1 saturated carbocycles. The van der Waals surface area contributed by atoms with E-state index in [1.54, 1.807) is 6.20 Å². The number of hydrogen-bond donors (Lipinski definition) is 1. The lowest BCUT2D eigenvalue weighted by Gasteiger charge is -2.17. The highest BCUT2D eigenvalue weighted by atomic mass is 16.4. The largest absolute Gasteiger partial charge is 0.481 e. The van der Waals surface area contributed by atoms with Crippen molar-refractivity contribution in [3.63, 3.8) is 0 Å². The average Bonchev–Trinajstić information content (AvgIpc) is 3.08. The fourth-order valence-corrected chi connectivity index (χ4v) is 2.99. The van der Waals surface area contributed by atoms with Gasteiger partial charge in [0, 0.05) is 17.8 Å². The summed E-state index contributed by atoms with van der Waals surface area (Å²) in [6, 6.07) is 11.8. The van der Waals surface area contributed by atoms with E-state index in [4.69, 9.17) is 0 Å². The SMILES string of the molecule is O=C(O)C1CCCC1c1ccnn1-c1ccccc1. The second kappa shape index (κ2) is 4.88. The van der Waals surface area contributed by atoms with E-state index in [1.807, 2.05) is 41.1 Å². The summed E-state index contributed by atoms with van der Waals surface area (Å²) in [6.07, 6.45) is 4.41. The zero-order chi connectivity index (χ0) is 13.2. The molecule has 2 atom stereocenters. The molecule has 2 unspecified atom stereocenters. The molecule has 2 aromatic rings. The van der Waals surface area contributed by atoms with E-state index in [2.05, 4.69) is 5.10 Å². The normalized spacial score (nSPS) is 22.5. The predicted octanol–water partition coefficient (Wildman–Crippen LogP) is 2.84. The smallest absolute Gasteiger partial charge is 0.307 e. The van der Waals surface area contributed by atoms with Gasteiger partial charge in [-0.15, -0.1) is 0 Å². The van der Waals surface area contributed by atoms with Crippen molar-refractivity contribution >= 4 is 5.97 Å². The lowest BCUT2D eigenvalue weighted by molar-refractivity contribution is -0.142. The Morgan fingerprint density at radius 2 is 2.00 bits per heavy atom. The molecule has 1 heterocycles. The van der Waals surface area contributed by atoms with Gasteiger partial charge in [0.05, 0.1) is 11.6 Å². The number of carboxylic acids is 1. The average molecular weight is 256 g/mol. The van der Waals surface area contributed by atoms with Crippen molar-refractivity contribution in [3.8, 4) is 5.69 Å². The molecule has 1 fully saturated rings. The van der Waals surface area contributed by atoms with Crippen molar-refractivity contribution in [1.82, 2.24) is 9.78 Å². The highest BCUT2D eigenvalue weighted by Gasteiger charge is 2.35. The molecule has 0 bridgehead atoms. The second-order valence-electron chi connectivity index (χ2n) is 4.99. The van der Waals surface area contributed by atoms with Gasteiger partial charge in [-0.25, -0.2) is 4.68 Å². The van der Waals surface area contributed by atoms with E-state index in [0.29, 0.717) is 0 Å². The van der Waals surface area contributed by atoms with Crippen LogP contribution in [0.5, 0.6) is 0 Å². The maximum Gasteiger partial charge on any atom is 0.307 e. The monoisotopic (exact) mass is 256 g/mol. The van der Waals surface area contributed by atoms with Crippen LogP contribution in [0.4, 0.5) is 0 Å². The first-order valence-electron chi connectivity index (χ1n) is 6.59. The predicted molar refractivity (Wildman–Crippen MR) is 71.3 cm³/mol. The third-order valence-electron chi connectivity index (χ3n) is 3.89. The number of carboxylic acid groups (broad SMARTS) is 1. The van der Waals surface area contributed by atoms with Gasteiger partial charge in [-0.05, 0) is 31.0 Å². The van der Waals surface area contributed by atoms with Gasteiger partial charge in [-0.1, -0.05) is 24.6 Å². The Kier molecular flexibility index (Phi) is 3.07. The van der Waals surface area contributed by atoms with Crippen LogP contribution in [0.25, 0.3) is 5.69 Å². The van der Waals surface area contributed by atoms with Crippen molar-refractivity contribution in [3.05, 3.63) is 48.3 Å². The van der Waals surface area contributed by atoms with Crippen molar-refractivity contribution in [1.29, 1.82) is 0 Å². The van der Waals surface area contributed by atoms with Gasteiger partial charge in [0.15, 0.2) is 0 Å². The van der Waals surface area contributed by atoms with Crippen molar-refractivity contribution in [2.75, 3.05) is 0 Å². The Morgan fingerprint density at radius 3 is 2.74 bits per heavy atom. The summed E-state index contributed by atoms with van der Waals surface area (Å²) in [6.45, 7) is 0. The van der Waals surface area contributed by atoms with Crippen LogP contribution in [0.2, 0.25) is 0 Å². The maximum atomic E-state index is 11.3. The first-order chi connectivity index (χ1) is 9.27. The second-order valence-corrected chi connectivity index (χ2v) is 4.99. The van der Waals surface area contributed by atoms with Crippen molar-refractivity contribution < 1.29 is 9.90 Å². The Balaban J connectivity index is 1.99. The van der Waals surface area contributed by atoms with Gasteiger partial charge in [-0.3, -0.25) is 4.79 Å². The molecule has 0 amide bonds. The number of carbonyl (C=O) groups is 1. The number of nitrogens with zero attached hydrogens (tertiary/aromatic N) is 2. The van der Waals surface area contributed by atoms with E-state index in [9.17, 15) is 9.90 Å². The van der Waals surface area contributed by atoms with Gasteiger partial charge in [0.2, 0.25) is 0 Å². The number of hydrogen-bond acceptors (Lipinski definition) is 2. The minimum atomic E-state index is -0.691. The fraction of sp³-hybridized carbons (Fsp3) is 0.333. The molecule has 0 spiro atoms. The topological polar surface area (TPSA) is 55.1 Å². The van der Waals surface area contributed by atoms with Crippen LogP contribution in [0, 0.1) is 5.92 Å². The Labute approximate surface area is 111 Å². The molecule has 19 heavy (non-hydrogen) atoms. The van der Waals surface area contributed by atoms with Crippen LogP contribution >= 0.6 is 0 Å². The fourth-order valence-electron chi connectivity index (χ4n) is 2.99. The number of para-hydroxylation sites is 1. The number of rotatable bonds is 3. The lowest BCUT2D eigenvalue weighted by Crippen LogP contribution is -2.19. The Morgan fingerprint density at radius 1 is 1.21 bits per heavy atom. The summed E-state index contributed by atoms with van der Waals surface area (Å²) in [5, 5.41) is 13.7. The quantitative estimate of drug-likeness (QED) is 0.918. The van der Waals surface area contributed by atoms with E-state index in [-0.39, 0.29) is 11.8 Å². The van der Waals surface area contributed by atoms with Crippen molar-refractivity contribution in [2.24, 2.45) is 5.92 Å². The van der Waals surface area contributed by atoms with Gasteiger partial charge in [-0.2, -0.15) is 5.10 Å². The van der Waals surface area contributed by atoms with Gasteiger partial charge in [0.25, 0.3) is 0 Å². The zero-order valence-corrected chi connectivity index (χ0v) is 10.6. The molecular weight excluding hydrogens is 240 g/mol. The molecule has 0 radical (unpaired) electrons. The Hall–Kier alpha value is -2.10. The number of benzene rings is 1. The summed E-state index contributed by atoms with van der Waals surface area (Å²) in [4.78, 5) is 11.3. The van der Waals surface area contributed by atoms with Crippen LogP contribution in [0.1, 0.15) is 30.9 Å². The maximum absolute atomic E-state index is 11.3. The summed E-state index contributed by atoms with van der Waals surface area (Å²) in [7, 11) is 0. The third-order valence-corrected chi connectivity index (χ3v) is 3.89. The summed E-state index contributed by atoms with van der Waals surface area (Å²) in [5.74, 6) is -0.900. The molecule has 1 N–H and O–H groups in total. The molecule has 1 aliphatic rings. The highest BCUT2D eigenvalue weighted by molar-refractivity contribution is 5.71. The molecule has 3 rings (SSSR count). The molecule has 0 aliphatic heterocycles. The standard InChI is InChI=1S/C15H16N2O2/c18-15(19)13-8-4-7-12(13)14-9-10-16-17(14)11-5-2-1-3-6-11/h1-3,5-6,9-10,12-13H,4,7-8H2,(H,18,19). The number of aliphatic carboxylic acids is 1. The van der Waals surface area contributed by atoms with Crippen LogP contribution in [-0.4, -0.2) is 20.9 Å². The molecular formula is C15H16N2O2. The molecule has 98 valence electrons. The molecule has 4 heteroatoms. The molecule has 0 saturated heterocycles. The first-order valence-corrected chi connectivity index (χ1v) is 6.59. The minimum absolute atomic E-state index is 0.0696. The molecule has 1 aromatic carbocycles. The van der Waals surface area contributed by atoms with Crippen molar-refractivity contribution in [2.45, 2.75) is 25.2 Å². The third kappa shape index (κ3) is 2.14. The Bertz CT molecular complexity index is 577. The first kappa shape index (κ1) is 12.0. The van der Waals surface area contributed by atoms with E-state index < -0.39 is 5.97 Å². The van der Waals surface area contributed by atoms with Gasteiger partial charge < -0.3 is 5.11 Å². The van der Waals surface area contributed by atoms with Crippen LogP contribution in [-0.2, 0) is 4.79 Å². The molecule has 1 aliphatic carbocycles. The van der Waals surface area contributed by atoms with Crippen LogP contribution in [0.15, 0.2) is 42.6 Å². The summed E-state index contributed by atoms with van der Waals surface area (Å²) < 4.78 is 1.87. The minimum Gasteiger partial charge on any atom is -0.481 e. The van der Waals surface area contributed by atoms with E-state index >= 15 is 0 Å². The van der Waals surface area contributed by atoms with E-state index in [1.165, 1.54) is 0 Å². The van der Waals surface area contributed by atoms with Crippen LogP contribution in [0.3, 0.4) is 0 Å². The zero-order valence-electron chi connectivity index (χ0n) is 10.6. The van der Waals surface area contributed by atoms with Gasteiger partial charge >= 0.3 is 5.97 Å². The van der Waals surface area contributed by atoms with Crippen LogP contribution < -0.4 is 0 Å². The molecule has 4 nitrogen and oxygen atoms in total. The molecule has 1 aromatic heterocycles. The number of aromatic nitrogens is 2. The summed E-state index contributed by atoms with van der Waals surface area (Å²) >= 11 is 0. The summed E-state index contributed by atoms with van der Waals surface area (Å²) in [5.41, 5.74) is 2.00. The van der Waals surface area contributed by atoms with E-state index in [0.717, 1.165) is 30.6 Å². The van der Waals surface area contributed by atoms with Gasteiger partial charge in [0.1, 0.15) is 0 Å². The lowest BCUT2D eigenvalue weighted by atomic mass is 9.93. The highest BCUT2D eigenvalue weighted by Crippen LogP contribution is 2.40.